The SMILES string of the molecule is COc1cc(/N=N\c2ccc(Nc3ccc(C)c(OC)c3)cc2)ccc1C. The first kappa shape index (κ1) is 18.5. The minimum Gasteiger partial charge on any atom is -0.496 e. The Bertz CT molecular complexity index is 950. The van der Waals surface area contributed by atoms with E-state index < -0.39 is 0 Å². The Balaban J connectivity index is 1.70. The average molecular weight is 361 g/mol. The number of methoxy groups -OCH3 is 2. The summed E-state index contributed by atoms with van der Waals surface area (Å²) in [6.07, 6.45) is 0. The molecule has 5 nitrogen and oxygen atoms in total. The van der Waals surface area contributed by atoms with E-state index in [4.69, 9.17) is 9.47 Å². The fourth-order valence-corrected chi connectivity index (χ4v) is 2.66. The van der Waals surface area contributed by atoms with Crippen LogP contribution in [-0.2, 0) is 0 Å². The molecular formula is C22H23N3O2. The molecule has 0 fully saturated rings. The second kappa shape index (κ2) is 8.36. The molecule has 0 atom stereocenters. The van der Waals surface area contributed by atoms with Crippen LogP contribution in [0.5, 0.6) is 11.5 Å². The van der Waals surface area contributed by atoms with Gasteiger partial charge in [-0.15, -0.1) is 0 Å². The van der Waals surface area contributed by atoms with Gasteiger partial charge >= 0.3 is 0 Å². The largest absolute Gasteiger partial charge is 0.496 e. The Morgan fingerprint density at radius 1 is 0.630 bits per heavy atom. The number of aryl methyl sites for hydroxylation is 2. The van der Waals surface area contributed by atoms with Crippen LogP contribution in [0, 0.1) is 13.8 Å². The molecule has 5 heteroatoms. The maximum Gasteiger partial charge on any atom is 0.123 e. The summed E-state index contributed by atoms with van der Waals surface area (Å²) in [5, 5.41) is 11.9. The third-order valence-electron chi connectivity index (χ3n) is 4.24. The van der Waals surface area contributed by atoms with Crippen LogP contribution in [0.3, 0.4) is 0 Å². The molecule has 0 saturated carbocycles. The standard InChI is InChI=1S/C22H23N3O2/c1-15-5-7-19(13-21(15)26-3)23-17-9-11-18(12-10-17)24-25-20-8-6-16(2)22(14-20)27-4/h5-14,23H,1-4H3/b25-24-. The number of anilines is 2. The highest BCUT2D eigenvalue weighted by Gasteiger charge is 2.02. The fraction of sp³-hybridized carbons (Fsp3) is 0.182. The van der Waals surface area contributed by atoms with Crippen molar-refractivity contribution in [3.63, 3.8) is 0 Å². The minimum absolute atomic E-state index is 0.756. The molecule has 0 heterocycles. The molecule has 1 N–H and O–H groups in total. The lowest BCUT2D eigenvalue weighted by atomic mass is 10.2. The van der Waals surface area contributed by atoms with Gasteiger partial charge in [0.2, 0.25) is 0 Å². The zero-order valence-corrected chi connectivity index (χ0v) is 16.0. The summed E-state index contributed by atoms with van der Waals surface area (Å²) >= 11 is 0. The van der Waals surface area contributed by atoms with Crippen LogP contribution < -0.4 is 14.8 Å². The molecule has 0 bridgehead atoms. The van der Waals surface area contributed by atoms with Gasteiger partial charge in [-0.3, -0.25) is 0 Å². The van der Waals surface area contributed by atoms with E-state index in [0.717, 1.165) is 45.4 Å². The number of nitrogens with one attached hydrogen (secondary N) is 1. The molecule has 0 aliphatic rings. The zero-order chi connectivity index (χ0) is 19.2. The quantitative estimate of drug-likeness (QED) is 0.511. The number of hydrogen-bond acceptors (Lipinski definition) is 5. The molecule has 3 rings (SSSR count). The molecule has 0 aliphatic carbocycles. The van der Waals surface area contributed by atoms with Crippen molar-refractivity contribution in [2.24, 2.45) is 10.2 Å². The summed E-state index contributed by atoms with van der Waals surface area (Å²) in [5.41, 5.74) is 5.65. The van der Waals surface area contributed by atoms with Crippen LogP contribution in [0.4, 0.5) is 22.7 Å². The van der Waals surface area contributed by atoms with Gasteiger partial charge in [0.05, 0.1) is 25.6 Å². The number of benzene rings is 3. The lowest BCUT2D eigenvalue weighted by molar-refractivity contribution is 0.412. The molecule has 0 aromatic heterocycles. The first-order chi connectivity index (χ1) is 13.1. The van der Waals surface area contributed by atoms with Crippen LogP contribution in [0.15, 0.2) is 70.9 Å². The van der Waals surface area contributed by atoms with E-state index in [0.29, 0.717) is 0 Å². The molecule has 138 valence electrons. The molecule has 3 aromatic carbocycles. The van der Waals surface area contributed by atoms with Gasteiger partial charge in [0.25, 0.3) is 0 Å². The molecule has 3 aromatic rings. The Labute approximate surface area is 159 Å². The topological polar surface area (TPSA) is 55.2 Å². The normalized spacial score (nSPS) is 10.8. The molecule has 0 saturated heterocycles. The lowest BCUT2D eigenvalue weighted by Crippen LogP contribution is -1.92. The molecule has 0 aliphatic heterocycles. The van der Waals surface area contributed by atoms with Crippen LogP contribution in [0.1, 0.15) is 11.1 Å². The predicted octanol–water partition coefficient (Wildman–Crippen LogP) is 6.48. The van der Waals surface area contributed by atoms with Crippen molar-refractivity contribution < 1.29 is 9.47 Å². The Kier molecular flexibility index (Phi) is 5.71. The third-order valence-corrected chi connectivity index (χ3v) is 4.24. The van der Waals surface area contributed by atoms with Gasteiger partial charge in [-0.1, -0.05) is 12.1 Å². The van der Waals surface area contributed by atoms with Crippen molar-refractivity contribution in [3.8, 4) is 11.5 Å². The van der Waals surface area contributed by atoms with Gasteiger partial charge in [0.1, 0.15) is 11.5 Å². The number of ether oxygens (including phenoxy) is 2. The van der Waals surface area contributed by atoms with Crippen LogP contribution in [0.2, 0.25) is 0 Å². The molecule has 0 amide bonds. The van der Waals surface area contributed by atoms with Crippen molar-refractivity contribution in [3.05, 3.63) is 71.8 Å². The van der Waals surface area contributed by atoms with E-state index >= 15 is 0 Å². The van der Waals surface area contributed by atoms with E-state index in [2.05, 4.69) is 15.5 Å². The van der Waals surface area contributed by atoms with Gasteiger partial charge in [0, 0.05) is 23.5 Å². The molecule has 27 heavy (non-hydrogen) atoms. The van der Waals surface area contributed by atoms with E-state index in [1.165, 1.54) is 0 Å². The Morgan fingerprint density at radius 3 is 1.81 bits per heavy atom. The van der Waals surface area contributed by atoms with Crippen LogP contribution in [-0.4, -0.2) is 14.2 Å². The van der Waals surface area contributed by atoms with Crippen molar-refractivity contribution in [1.82, 2.24) is 0 Å². The summed E-state index contributed by atoms with van der Waals surface area (Å²) in [4.78, 5) is 0. The maximum absolute atomic E-state index is 5.36. The number of rotatable bonds is 6. The summed E-state index contributed by atoms with van der Waals surface area (Å²) in [6.45, 7) is 4.02. The summed E-state index contributed by atoms with van der Waals surface area (Å²) in [5.74, 6) is 1.67. The van der Waals surface area contributed by atoms with E-state index in [1.807, 2.05) is 74.5 Å². The number of azo groups is 1. The highest BCUT2D eigenvalue weighted by atomic mass is 16.5. The summed E-state index contributed by atoms with van der Waals surface area (Å²) < 4.78 is 10.7. The van der Waals surface area contributed by atoms with Gasteiger partial charge in [-0.25, -0.2) is 0 Å². The van der Waals surface area contributed by atoms with Gasteiger partial charge in [-0.05, 0) is 61.4 Å². The van der Waals surface area contributed by atoms with Crippen LogP contribution in [0.25, 0.3) is 0 Å². The monoisotopic (exact) mass is 361 g/mol. The molecule has 0 unspecified atom stereocenters. The van der Waals surface area contributed by atoms with Crippen molar-refractivity contribution in [2.45, 2.75) is 13.8 Å². The van der Waals surface area contributed by atoms with E-state index in [9.17, 15) is 0 Å². The molecule has 0 spiro atoms. The first-order valence-electron chi connectivity index (χ1n) is 8.67. The Morgan fingerprint density at radius 2 is 1.15 bits per heavy atom. The number of hydrogen-bond donors (Lipinski definition) is 1. The highest BCUT2D eigenvalue weighted by Crippen LogP contribution is 2.28. The minimum atomic E-state index is 0.756. The second-order valence-corrected chi connectivity index (χ2v) is 6.21. The van der Waals surface area contributed by atoms with Crippen LogP contribution >= 0.6 is 0 Å². The van der Waals surface area contributed by atoms with E-state index in [1.54, 1.807) is 14.2 Å². The van der Waals surface area contributed by atoms with Gasteiger partial charge in [0.15, 0.2) is 0 Å². The van der Waals surface area contributed by atoms with Crippen molar-refractivity contribution >= 4 is 22.7 Å². The van der Waals surface area contributed by atoms with Crippen molar-refractivity contribution in [2.75, 3.05) is 19.5 Å². The fourth-order valence-electron chi connectivity index (χ4n) is 2.66. The Hall–Kier alpha value is -3.34. The number of nitrogens with zero attached hydrogens (tertiary/aromatic N) is 2. The summed E-state index contributed by atoms with van der Waals surface area (Å²) in [6, 6.07) is 19.6. The summed E-state index contributed by atoms with van der Waals surface area (Å²) in [7, 11) is 3.33. The third kappa shape index (κ3) is 4.64. The van der Waals surface area contributed by atoms with Gasteiger partial charge in [-0.2, -0.15) is 10.2 Å². The smallest absolute Gasteiger partial charge is 0.123 e. The highest BCUT2D eigenvalue weighted by molar-refractivity contribution is 5.63. The maximum atomic E-state index is 5.36. The lowest BCUT2D eigenvalue weighted by Gasteiger charge is -2.10. The average Bonchev–Trinajstić information content (AvgIpc) is 2.70. The van der Waals surface area contributed by atoms with Crippen molar-refractivity contribution in [1.29, 1.82) is 0 Å². The first-order valence-corrected chi connectivity index (χ1v) is 8.67. The zero-order valence-electron chi connectivity index (χ0n) is 16.0. The molecular weight excluding hydrogens is 338 g/mol. The van der Waals surface area contributed by atoms with Gasteiger partial charge < -0.3 is 14.8 Å². The predicted molar refractivity (Wildman–Crippen MR) is 109 cm³/mol. The van der Waals surface area contributed by atoms with E-state index in [-0.39, 0.29) is 0 Å². The molecule has 0 radical (unpaired) electrons. The second-order valence-electron chi connectivity index (χ2n) is 6.21.